The molecule has 1 heterocycles. The topological polar surface area (TPSA) is 66.8 Å². The van der Waals surface area contributed by atoms with E-state index in [-0.39, 0.29) is 23.8 Å². The van der Waals surface area contributed by atoms with Crippen LogP contribution in [0.5, 0.6) is 5.75 Å². The van der Waals surface area contributed by atoms with Gasteiger partial charge < -0.3 is 9.84 Å². The van der Waals surface area contributed by atoms with Crippen molar-refractivity contribution in [2.24, 2.45) is 0 Å². The first-order valence-corrected chi connectivity index (χ1v) is 9.10. The molecule has 0 spiro atoms. The zero-order valence-electron chi connectivity index (χ0n) is 14.2. The van der Waals surface area contributed by atoms with Crippen molar-refractivity contribution in [3.63, 3.8) is 0 Å². The number of aromatic hydroxyl groups is 1. The number of phenols is 1. The van der Waals surface area contributed by atoms with E-state index >= 15 is 0 Å². The minimum absolute atomic E-state index is 0.0571. The summed E-state index contributed by atoms with van der Waals surface area (Å²) in [5.41, 5.74) is 1.81. The smallest absolute Gasteiger partial charge is 0.338 e. The lowest BCUT2D eigenvalue weighted by Crippen LogP contribution is -2.32. The number of phenolic OH excluding ortho intramolecular Hbond substituents is 1. The first kappa shape index (κ1) is 17.2. The highest BCUT2D eigenvalue weighted by atomic mass is 32.2. The van der Waals surface area contributed by atoms with E-state index in [4.69, 9.17) is 4.74 Å². The maximum Gasteiger partial charge on any atom is 0.338 e. The maximum absolute atomic E-state index is 12.9. The number of fused-ring (bicyclic) bond motifs is 2. The molecule has 0 saturated heterocycles. The third kappa shape index (κ3) is 3.39. The summed E-state index contributed by atoms with van der Waals surface area (Å²) in [7, 11) is 0. The van der Waals surface area contributed by atoms with Crippen LogP contribution in [0, 0.1) is 0 Å². The Labute approximate surface area is 160 Å². The predicted molar refractivity (Wildman–Crippen MR) is 103 cm³/mol. The Morgan fingerprint density at radius 3 is 2.00 bits per heavy atom. The highest BCUT2D eigenvalue weighted by molar-refractivity contribution is 7.99. The second-order valence-electron chi connectivity index (χ2n) is 5.89. The van der Waals surface area contributed by atoms with E-state index in [1.165, 1.54) is 24.3 Å². The summed E-state index contributed by atoms with van der Waals surface area (Å²) in [6.07, 6.45) is 0. The standard InChI is InChI=1S/C21H15NO4S/c23-15-11-9-14(10-12-15)21(25)26-13-20(24)22-16-5-1-3-7-18(16)27-19-8-4-2-6-17(19)22/h1-12,23H,13H2. The van der Waals surface area contributed by atoms with E-state index in [0.717, 1.165) is 21.2 Å². The van der Waals surface area contributed by atoms with Crippen molar-refractivity contribution < 1.29 is 19.4 Å². The summed E-state index contributed by atoms with van der Waals surface area (Å²) in [6, 6.07) is 20.9. The van der Waals surface area contributed by atoms with Crippen molar-refractivity contribution in [3.8, 4) is 5.75 Å². The molecular weight excluding hydrogens is 362 g/mol. The van der Waals surface area contributed by atoms with E-state index in [9.17, 15) is 14.7 Å². The van der Waals surface area contributed by atoms with Gasteiger partial charge in [0.2, 0.25) is 0 Å². The minimum atomic E-state index is -0.615. The molecule has 0 aliphatic carbocycles. The van der Waals surface area contributed by atoms with Crippen molar-refractivity contribution in [2.45, 2.75) is 9.79 Å². The van der Waals surface area contributed by atoms with Crippen LogP contribution in [0.2, 0.25) is 0 Å². The highest BCUT2D eigenvalue weighted by Gasteiger charge is 2.28. The first-order chi connectivity index (χ1) is 13.1. The zero-order valence-corrected chi connectivity index (χ0v) is 15.0. The lowest BCUT2D eigenvalue weighted by atomic mass is 10.2. The number of para-hydroxylation sites is 2. The molecule has 1 aliphatic rings. The van der Waals surface area contributed by atoms with Gasteiger partial charge in [0.1, 0.15) is 5.75 Å². The lowest BCUT2D eigenvalue weighted by Gasteiger charge is -2.30. The zero-order chi connectivity index (χ0) is 18.8. The fourth-order valence-electron chi connectivity index (χ4n) is 2.85. The van der Waals surface area contributed by atoms with Crippen LogP contribution in [-0.4, -0.2) is 23.6 Å². The molecule has 3 aromatic carbocycles. The third-order valence-corrected chi connectivity index (χ3v) is 5.24. The van der Waals surface area contributed by atoms with Gasteiger partial charge in [0.25, 0.3) is 5.91 Å². The van der Waals surface area contributed by atoms with Crippen molar-refractivity contribution in [1.82, 2.24) is 0 Å². The number of amides is 1. The maximum atomic E-state index is 12.9. The van der Waals surface area contributed by atoms with Crippen LogP contribution in [0.3, 0.4) is 0 Å². The number of ether oxygens (including phenoxy) is 1. The highest BCUT2D eigenvalue weighted by Crippen LogP contribution is 2.47. The summed E-state index contributed by atoms with van der Waals surface area (Å²) in [5, 5.41) is 9.30. The third-order valence-electron chi connectivity index (χ3n) is 4.11. The van der Waals surface area contributed by atoms with E-state index < -0.39 is 5.97 Å². The number of hydrogen-bond donors (Lipinski definition) is 1. The molecule has 3 aromatic rings. The van der Waals surface area contributed by atoms with Crippen molar-refractivity contribution in [2.75, 3.05) is 11.5 Å². The molecule has 27 heavy (non-hydrogen) atoms. The van der Waals surface area contributed by atoms with Crippen molar-refractivity contribution >= 4 is 35.0 Å². The molecule has 1 aliphatic heterocycles. The van der Waals surface area contributed by atoms with Gasteiger partial charge in [-0.25, -0.2) is 4.79 Å². The second-order valence-corrected chi connectivity index (χ2v) is 6.97. The number of esters is 1. The monoisotopic (exact) mass is 377 g/mol. The van der Waals surface area contributed by atoms with E-state index in [1.54, 1.807) is 16.7 Å². The second kappa shape index (κ2) is 7.17. The Morgan fingerprint density at radius 2 is 1.41 bits per heavy atom. The Morgan fingerprint density at radius 1 is 0.852 bits per heavy atom. The lowest BCUT2D eigenvalue weighted by molar-refractivity contribution is -0.121. The molecule has 1 amide bonds. The summed E-state index contributed by atoms with van der Waals surface area (Å²) in [6.45, 7) is -0.382. The van der Waals surface area contributed by atoms with Crippen LogP contribution in [0.25, 0.3) is 0 Å². The Balaban J connectivity index is 1.57. The molecule has 1 N–H and O–H groups in total. The molecule has 5 nitrogen and oxygen atoms in total. The summed E-state index contributed by atoms with van der Waals surface area (Å²) < 4.78 is 5.19. The first-order valence-electron chi connectivity index (χ1n) is 8.28. The van der Waals surface area contributed by atoms with Crippen molar-refractivity contribution in [1.29, 1.82) is 0 Å². The molecule has 0 aromatic heterocycles. The van der Waals surface area contributed by atoms with Gasteiger partial charge in [-0.1, -0.05) is 36.0 Å². The average molecular weight is 377 g/mol. The molecule has 0 atom stereocenters. The number of carbonyl (C=O) groups excluding carboxylic acids is 2. The molecule has 6 heteroatoms. The minimum Gasteiger partial charge on any atom is -0.508 e. The predicted octanol–water partition coefficient (Wildman–Crippen LogP) is 4.38. The van der Waals surface area contributed by atoms with Gasteiger partial charge in [0.05, 0.1) is 16.9 Å². The number of rotatable bonds is 3. The molecule has 134 valence electrons. The fourth-order valence-corrected chi connectivity index (χ4v) is 3.90. The van der Waals surface area contributed by atoms with Gasteiger partial charge >= 0.3 is 5.97 Å². The number of carbonyl (C=O) groups is 2. The largest absolute Gasteiger partial charge is 0.508 e. The van der Waals surface area contributed by atoms with Crippen LogP contribution in [0.15, 0.2) is 82.6 Å². The van der Waals surface area contributed by atoms with Gasteiger partial charge in [0, 0.05) is 9.79 Å². The SMILES string of the molecule is O=C(OCC(=O)N1c2ccccc2Sc2ccccc21)c1ccc(O)cc1. The van der Waals surface area contributed by atoms with Gasteiger partial charge in [-0.3, -0.25) is 9.69 Å². The molecule has 4 rings (SSSR count). The summed E-state index contributed by atoms with van der Waals surface area (Å²) in [4.78, 5) is 28.6. The number of benzene rings is 3. The van der Waals surface area contributed by atoms with Crippen LogP contribution >= 0.6 is 11.8 Å². The number of nitrogens with zero attached hydrogens (tertiary/aromatic N) is 1. The molecule has 0 radical (unpaired) electrons. The van der Waals surface area contributed by atoms with Crippen LogP contribution in [-0.2, 0) is 9.53 Å². The Kier molecular flexibility index (Phi) is 4.56. The molecular formula is C21H15NO4S. The summed E-state index contributed by atoms with van der Waals surface area (Å²) >= 11 is 1.60. The Bertz CT molecular complexity index is 971. The van der Waals surface area contributed by atoms with E-state index in [0.29, 0.717) is 0 Å². The van der Waals surface area contributed by atoms with Crippen molar-refractivity contribution in [3.05, 3.63) is 78.4 Å². The van der Waals surface area contributed by atoms with Crippen LogP contribution < -0.4 is 4.90 Å². The quantitative estimate of drug-likeness (QED) is 0.686. The molecule has 0 fully saturated rings. The number of anilines is 2. The van der Waals surface area contributed by atoms with Gasteiger partial charge in [0.15, 0.2) is 6.61 Å². The van der Waals surface area contributed by atoms with Crippen LogP contribution in [0.4, 0.5) is 11.4 Å². The normalized spacial score (nSPS) is 12.1. The molecule has 0 saturated carbocycles. The summed E-state index contributed by atoms with van der Waals surface area (Å²) in [5.74, 6) is -0.889. The molecule has 0 bridgehead atoms. The Hall–Kier alpha value is -3.25. The molecule has 0 unspecified atom stereocenters. The van der Waals surface area contributed by atoms with Gasteiger partial charge in [-0.15, -0.1) is 0 Å². The van der Waals surface area contributed by atoms with Gasteiger partial charge in [-0.05, 0) is 48.5 Å². The number of hydrogen-bond acceptors (Lipinski definition) is 5. The fraction of sp³-hybridized carbons (Fsp3) is 0.0476. The van der Waals surface area contributed by atoms with Crippen LogP contribution in [0.1, 0.15) is 10.4 Å². The van der Waals surface area contributed by atoms with E-state index in [1.807, 2.05) is 48.5 Å². The average Bonchev–Trinajstić information content (AvgIpc) is 2.70. The van der Waals surface area contributed by atoms with Gasteiger partial charge in [-0.2, -0.15) is 0 Å². The van der Waals surface area contributed by atoms with E-state index in [2.05, 4.69) is 0 Å².